The second-order valence-electron chi connectivity index (χ2n) is 5.46. The molecule has 0 bridgehead atoms. The van der Waals surface area contributed by atoms with Gasteiger partial charge in [-0.25, -0.2) is 0 Å². The van der Waals surface area contributed by atoms with Gasteiger partial charge in [0, 0.05) is 24.3 Å². The number of methoxy groups -OCH3 is 1. The van der Waals surface area contributed by atoms with Gasteiger partial charge in [0.1, 0.15) is 24.2 Å². The SMILES string of the molecule is COC(O)COc1ccc2c(c1)OC1CC([N+](=O)[O-])=C(CO)C=C21. The van der Waals surface area contributed by atoms with E-state index in [0.717, 1.165) is 11.1 Å². The lowest BCUT2D eigenvalue weighted by Gasteiger charge is -2.17. The monoisotopic (exact) mass is 335 g/mol. The zero-order valence-electron chi connectivity index (χ0n) is 13.0. The summed E-state index contributed by atoms with van der Waals surface area (Å²) in [5.41, 5.74) is 1.89. The van der Waals surface area contributed by atoms with Crippen LogP contribution in [-0.2, 0) is 4.74 Å². The number of fused-ring (bicyclic) bond motifs is 3. The molecule has 2 atom stereocenters. The van der Waals surface area contributed by atoms with Crippen LogP contribution < -0.4 is 9.47 Å². The third-order valence-electron chi connectivity index (χ3n) is 4.01. The Kier molecular flexibility index (Phi) is 4.52. The van der Waals surface area contributed by atoms with Crippen molar-refractivity contribution in [1.29, 1.82) is 0 Å². The second-order valence-corrected chi connectivity index (χ2v) is 5.46. The van der Waals surface area contributed by atoms with Gasteiger partial charge in [0.25, 0.3) is 5.70 Å². The summed E-state index contributed by atoms with van der Waals surface area (Å²) in [6.45, 7) is -0.416. The molecule has 2 aliphatic rings. The summed E-state index contributed by atoms with van der Waals surface area (Å²) in [6, 6.07) is 5.18. The summed E-state index contributed by atoms with van der Waals surface area (Å²) in [5, 5.41) is 29.8. The van der Waals surface area contributed by atoms with Crippen molar-refractivity contribution in [2.24, 2.45) is 0 Å². The lowest BCUT2D eigenvalue weighted by molar-refractivity contribution is -0.430. The third kappa shape index (κ3) is 2.99. The van der Waals surface area contributed by atoms with Crippen LogP contribution in [0.5, 0.6) is 11.5 Å². The van der Waals surface area contributed by atoms with E-state index in [-0.39, 0.29) is 18.7 Å². The molecule has 0 fully saturated rings. The number of hydrogen-bond donors (Lipinski definition) is 2. The fourth-order valence-electron chi connectivity index (χ4n) is 2.78. The molecule has 2 N–H and O–H groups in total. The van der Waals surface area contributed by atoms with Crippen LogP contribution in [-0.4, -0.2) is 47.9 Å². The first kappa shape index (κ1) is 16.4. The van der Waals surface area contributed by atoms with Crippen LogP contribution in [0.1, 0.15) is 12.0 Å². The summed E-state index contributed by atoms with van der Waals surface area (Å²) in [5.74, 6) is 1.05. The minimum atomic E-state index is -1.02. The van der Waals surface area contributed by atoms with E-state index in [4.69, 9.17) is 14.2 Å². The first-order valence-electron chi connectivity index (χ1n) is 7.37. The molecule has 0 radical (unpaired) electrons. The zero-order valence-corrected chi connectivity index (χ0v) is 13.0. The predicted octanol–water partition coefficient (Wildman–Crippen LogP) is 1.10. The Morgan fingerprint density at radius 2 is 2.29 bits per heavy atom. The van der Waals surface area contributed by atoms with Crippen LogP contribution in [0.4, 0.5) is 0 Å². The van der Waals surface area contributed by atoms with E-state index in [1.807, 2.05) is 0 Å². The normalized spacial score (nSPS) is 20.0. The summed E-state index contributed by atoms with van der Waals surface area (Å²) in [7, 11) is 1.37. The molecule has 1 heterocycles. The molecule has 2 unspecified atom stereocenters. The number of nitrogens with zero attached hydrogens (tertiary/aromatic N) is 1. The van der Waals surface area contributed by atoms with Gasteiger partial charge in [-0.15, -0.1) is 0 Å². The van der Waals surface area contributed by atoms with E-state index in [0.29, 0.717) is 17.1 Å². The molecule has 1 aromatic carbocycles. The molecule has 0 spiro atoms. The van der Waals surface area contributed by atoms with Crippen molar-refractivity contribution in [3.05, 3.63) is 51.2 Å². The number of ether oxygens (including phenoxy) is 3. The van der Waals surface area contributed by atoms with E-state index >= 15 is 0 Å². The average Bonchev–Trinajstić information content (AvgIpc) is 2.94. The van der Waals surface area contributed by atoms with E-state index in [2.05, 4.69) is 0 Å². The molecule has 0 amide bonds. The summed E-state index contributed by atoms with van der Waals surface area (Å²) >= 11 is 0. The van der Waals surface area contributed by atoms with Crippen LogP contribution in [0, 0.1) is 10.1 Å². The van der Waals surface area contributed by atoms with Gasteiger partial charge >= 0.3 is 0 Å². The maximum atomic E-state index is 11.1. The Labute approximate surface area is 137 Å². The highest BCUT2D eigenvalue weighted by Crippen LogP contribution is 2.44. The van der Waals surface area contributed by atoms with Gasteiger partial charge in [-0.05, 0) is 18.2 Å². The van der Waals surface area contributed by atoms with Crippen molar-refractivity contribution < 1.29 is 29.3 Å². The van der Waals surface area contributed by atoms with Gasteiger partial charge in [-0.2, -0.15) is 0 Å². The average molecular weight is 335 g/mol. The highest BCUT2D eigenvalue weighted by molar-refractivity contribution is 5.81. The highest BCUT2D eigenvalue weighted by Gasteiger charge is 2.37. The van der Waals surface area contributed by atoms with Crippen molar-refractivity contribution >= 4 is 5.57 Å². The predicted molar refractivity (Wildman–Crippen MR) is 83.1 cm³/mol. The maximum absolute atomic E-state index is 11.1. The minimum absolute atomic E-state index is 0.0247. The van der Waals surface area contributed by atoms with E-state index < -0.39 is 23.9 Å². The van der Waals surface area contributed by atoms with Gasteiger partial charge in [0.05, 0.1) is 23.5 Å². The molecule has 0 aromatic heterocycles. The van der Waals surface area contributed by atoms with Gasteiger partial charge in [0.2, 0.25) is 0 Å². The number of hydrogen-bond acceptors (Lipinski definition) is 7. The fourth-order valence-corrected chi connectivity index (χ4v) is 2.78. The highest BCUT2D eigenvalue weighted by atomic mass is 16.6. The Morgan fingerprint density at radius 1 is 1.50 bits per heavy atom. The molecule has 0 saturated heterocycles. The van der Waals surface area contributed by atoms with Crippen LogP contribution in [0.25, 0.3) is 5.57 Å². The lowest BCUT2D eigenvalue weighted by atomic mass is 9.91. The number of aliphatic hydroxyl groups is 2. The van der Waals surface area contributed by atoms with Crippen LogP contribution in [0.15, 0.2) is 35.5 Å². The Hall–Kier alpha value is -2.42. The van der Waals surface area contributed by atoms with Gasteiger partial charge in [0.15, 0.2) is 6.29 Å². The van der Waals surface area contributed by atoms with Crippen molar-refractivity contribution in [3.8, 4) is 11.5 Å². The molecule has 128 valence electrons. The topological polar surface area (TPSA) is 111 Å². The first-order chi connectivity index (χ1) is 11.5. The minimum Gasteiger partial charge on any atom is -0.488 e. The number of nitro groups is 1. The molecule has 24 heavy (non-hydrogen) atoms. The van der Waals surface area contributed by atoms with Crippen molar-refractivity contribution in [2.75, 3.05) is 20.3 Å². The van der Waals surface area contributed by atoms with E-state index in [1.165, 1.54) is 7.11 Å². The quantitative estimate of drug-likeness (QED) is 0.455. The smallest absolute Gasteiger partial charge is 0.255 e. The molecule has 1 aliphatic carbocycles. The molecule has 8 heteroatoms. The van der Waals surface area contributed by atoms with Gasteiger partial charge in [-0.1, -0.05) is 0 Å². The van der Waals surface area contributed by atoms with E-state index in [9.17, 15) is 20.3 Å². The maximum Gasteiger partial charge on any atom is 0.255 e. The number of benzene rings is 1. The van der Waals surface area contributed by atoms with Crippen molar-refractivity contribution in [2.45, 2.75) is 18.8 Å². The number of aliphatic hydroxyl groups excluding tert-OH is 2. The molecule has 3 rings (SSSR count). The molecule has 0 saturated carbocycles. The molecule has 8 nitrogen and oxygen atoms in total. The molecule has 1 aliphatic heterocycles. The Bertz CT molecular complexity index is 725. The van der Waals surface area contributed by atoms with Crippen molar-refractivity contribution in [3.63, 3.8) is 0 Å². The zero-order chi connectivity index (χ0) is 17.3. The Balaban J connectivity index is 1.85. The lowest BCUT2D eigenvalue weighted by Crippen LogP contribution is -2.21. The van der Waals surface area contributed by atoms with Crippen LogP contribution in [0.3, 0.4) is 0 Å². The fraction of sp³-hybridized carbons (Fsp3) is 0.375. The standard InChI is InChI=1S/C16H17NO7/c1-22-16(19)8-23-10-2-3-11-12-4-9(7-18)13(17(20)21)6-15(12)24-14(11)5-10/h2-5,15-16,18-19H,6-8H2,1H3. The largest absolute Gasteiger partial charge is 0.488 e. The summed E-state index contributed by atoms with van der Waals surface area (Å²) < 4.78 is 15.9. The molecular formula is C16H17NO7. The van der Waals surface area contributed by atoms with Gasteiger partial charge in [-0.3, -0.25) is 10.1 Å². The third-order valence-corrected chi connectivity index (χ3v) is 4.01. The molecular weight excluding hydrogens is 318 g/mol. The number of rotatable bonds is 6. The summed E-state index contributed by atoms with van der Waals surface area (Å²) in [6.07, 6.45) is 0.244. The first-order valence-corrected chi connectivity index (χ1v) is 7.37. The molecule has 1 aromatic rings. The van der Waals surface area contributed by atoms with Gasteiger partial charge < -0.3 is 24.4 Å². The Morgan fingerprint density at radius 3 is 2.96 bits per heavy atom. The summed E-state index contributed by atoms with van der Waals surface area (Å²) in [4.78, 5) is 10.6. The van der Waals surface area contributed by atoms with Crippen LogP contribution >= 0.6 is 0 Å². The second kappa shape index (κ2) is 6.60. The van der Waals surface area contributed by atoms with E-state index in [1.54, 1.807) is 24.3 Å². The van der Waals surface area contributed by atoms with Crippen molar-refractivity contribution in [1.82, 2.24) is 0 Å². The van der Waals surface area contributed by atoms with Crippen LogP contribution in [0.2, 0.25) is 0 Å².